The maximum atomic E-state index is 4.88. The number of hydrogen-bond donors (Lipinski definition) is 0. The van der Waals surface area contributed by atoms with Gasteiger partial charge in [-0.1, -0.05) is 105 Å². The van der Waals surface area contributed by atoms with E-state index in [1.54, 1.807) is 0 Å². The van der Waals surface area contributed by atoms with E-state index in [0.717, 1.165) is 22.6 Å². The summed E-state index contributed by atoms with van der Waals surface area (Å²) in [5.41, 5.74) is 12.1. The molecule has 1 aliphatic rings. The number of fused-ring (bicyclic) bond motifs is 11. The van der Waals surface area contributed by atoms with Gasteiger partial charge < -0.3 is 8.97 Å². The number of aromatic nitrogens is 3. The maximum absolute atomic E-state index is 4.88. The maximum Gasteiger partial charge on any atom is 0.137 e. The standard InChI is InChI=1S/C42H29N3/c1-42(2)36-24-29-11-4-3-10-28(29)23-35(36)32-20-21-34-33-19-16-26-9-5-6-12-31(26)40(33)45(41(34)39(32)42)30-17-14-27(15-18-30)37-25-44-22-8-7-13-38(44)43-37/h3-25H,1-2H3. The molecule has 212 valence electrons. The fourth-order valence-electron chi connectivity index (χ4n) is 7.95. The second kappa shape index (κ2) is 8.71. The first-order valence-electron chi connectivity index (χ1n) is 15.6. The predicted octanol–water partition coefficient (Wildman–Crippen LogP) is 10.7. The molecule has 0 amide bonds. The fraction of sp³-hybridized carbons (Fsp3) is 0.0714. The Morgan fingerprint density at radius 1 is 0.578 bits per heavy atom. The lowest BCUT2D eigenvalue weighted by Gasteiger charge is -2.24. The molecule has 0 unspecified atom stereocenters. The highest BCUT2D eigenvalue weighted by molar-refractivity contribution is 6.20. The van der Waals surface area contributed by atoms with Gasteiger partial charge in [0.15, 0.2) is 0 Å². The summed E-state index contributed by atoms with van der Waals surface area (Å²) in [6, 6.07) is 46.7. The van der Waals surface area contributed by atoms with Gasteiger partial charge in [0.1, 0.15) is 5.65 Å². The molecule has 0 bridgehead atoms. The topological polar surface area (TPSA) is 22.2 Å². The van der Waals surface area contributed by atoms with Gasteiger partial charge in [0, 0.05) is 45.2 Å². The van der Waals surface area contributed by atoms with Crippen LogP contribution < -0.4 is 0 Å². The Kier molecular flexibility index (Phi) is 4.79. The lowest BCUT2D eigenvalue weighted by molar-refractivity contribution is 0.664. The van der Waals surface area contributed by atoms with Gasteiger partial charge in [-0.15, -0.1) is 0 Å². The van der Waals surface area contributed by atoms with Crippen molar-refractivity contribution in [2.24, 2.45) is 0 Å². The summed E-state index contributed by atoms with van der Waals surface area (Å²) in [4.78, 5) is 4.88. The third-order valence-electron chi connectivity index (χ3n) is 10.1. The molecule has 3 nitrogen and oxygen atoms in total. The van der Waals surface area contributed by atoms with Crippen molar-refractivity contribution in [2.45, 2.75) is 19.3 Å². The molecule has 0 aliphatic heterocycles. The van der Waals surface area contributed by atoms with Gasteiger partial charge >= 0.3 is 0 Å². The van der Waals surface area contributed by atoms with Crippen molar-refractivity contribution in [3.05, 3.63) is 151 Å². The fourth-order valence-corrected chi connectivity index (χ4v) is 7.95. The van der Waals surface area contributed by atoms with Gasteiger partial charge in [-0.2, -0.15) is 0 Å². The van der Waals surface area contributed by atoms with E-state index in [0.29, 0.717) is 0 Å². The van der Waals surface area contributed by atoms with Crippen LogP contribution >= 0.6 is 0 Å². The van der Waals surface area contributed by atoms with E-state index in [1.807, 2.05) is 24.4 Å². The molecule has 3 heteroatoms. The lowest BCUT2D eigenvalue weighted by Crippen LogP contribution is -2.16. The number of pyridine rings is 1. The van der Waals surface area contributed by atoms with Crippen molar-refractivity contribution in [3.63, 3.8) is 0 Å². The van der Waals surface area contributed by atoms with Crippen molar-refractivity contribution in [3.8, 4) is 28.1 Å². The van der Waals surface area contributed by atoms with Crippen LogP contribution in [0.3, 0.4) is 0 Å². The second-order valence-corrected chi connectivity index (χ2v) is 12.9. The van der Waals surface area contributed by atoms with Crippen LogP contribution in [0.5, 0.6) is 0 Å². The quantitative estimate of drug-likeness (QED) is 0.201. The van der Waals surface area contributed by atoms with Crippen molar-refractivity contribution < 1.29 is 0 Å². The third kappa shape index (κ3) is 3.33. The van der Waals surface area contributed by atoms with Crippen LogP contribution in [0.25, 0.3) is 77.1 Å². The second-order valence-electron chi connectivity index (χ2n) is 12.9. The van der Waals surface area contributed by atoms with Crippen LogP contribution in [0.2, 0.25) is 0 Å². The largest absolute Gasteiger partial charge is 0.308 e. The Morgan fingerprint density at radius 3 is 2.11 bits per heavy atom. The Balaban J connectivity index is 1.29. The van der Waals surface area contributed by atoms with Crippen molar-refractivity contribution >= 4 is 49.0 Å². The van der Waals surface area contributed by atoms with Crippen molar-refractivity contribution in [1.29, 1.82) is 0 Å². The van der Waals surface area contributed by atoms with Crippen molar-refractivity contribution in [1.82, 2.24) is 14.0 Å². The molecule has 3 heterocycles. The van der Waals surface area contributed by atoms with Crippen LogP contribution in [-0.4, -0.2) is 14.0 Å². The molecule has 0 radical (unpaired) electrons. The number of imidazole rings is 1. The van der Waals surface area contributed by atoms with Gasteiger partial charge in [0.05, 0.1) is 16.7 Å². The molecular weight excluding hydrogens is 546 g/mol. The van der Waals surface area contributed by atoms with Gasteiger partial charge in [-0.25, -0.2) is 4.98 Å². The van der Waals surface area contributed by atoms with E-state index in [-0.39, 0.29) is 5.41 Å². The number of benzene rings is 6. The highest BCUT2D eigenvalue weighted by Crippen LogP contribution is 2.54. The van der Waals surface area contributed by atoms with E-state index >= 15 is 0 Å². The minimum absolute atomic E-state index is 0.174. The molecule has 3 aromatic heterocycles. The molecule has 1 aliphatic carbocycles. The summed E-state index contributed by atoms with van der Waals surface area (Å²) in [6.45, 7) is 4.80. The van der Waals surface area contributed by atoms with Crippen LogP contribution in [0.1, 0.15) is 25.0 Å². The molecule has 0 atom stereocenters. The average Bonchev–Trinajstić information content (AvgIpc) is 3.73. The van der Waals surface area contributed by atoms with E-state index in [9.17, 15) is 0 Å². The third-order valence-corrected chi connectivity index (χ3v) is 10.1. The highest BCUT2D eigenvalue weighted by Gasteiger charge is 2.39. The summed E-state index contributed by atoms with van der Waals surface area (Å²) in [6.07, 6.45) is 4.15. The number of rotatable bonds is 2. The smallest absolute Gasteiger partial charge is 0.137 e. The minimum atomic E-state index is -0.174. The molecule has 0 spiro atoms. The molecule has 0 saturated carbocycles. The molecule has 0 saturated heterocycles. The molecule has 6 aromatic carbocycles. The first kappa shape index (κ1) is 24.7. The van der Waals surface area contributed by atoms with Crippen LogP contribution in [0.15, 0.2) is 140 Å². The average molecular weight is 576 g/mol. The number of hydrogen-bond acceptors (Lipinski definition) is 1. The summed E-state index contributed by atoms with van der Waals surface area (Å²) < 4.78 is 4.61. The lowest BCUT2D eigenvalue weighted by atomic mass is 9.81. The Hall–Kier alpha value is -5.67. The van der Waals surface area contributed by atoms with Crippen LogP contribution in [0.4, 0.5) is 0 Å². The Labute approximate surface area is 260 Å². The van der Waals surface area contributed by atoms with E-state index in [2.05, 4.69) is 138 Å². The first-order valence-corrected chi connectivity index (χ1v) is 15.6. The molecule has 10 rings (SSSR count). The number of nitrogens with zero attached hydrogens (tertiary/aromatic N) is 3. The first-order chi connectivity index (χ1) is 22.1. The molecule has 45 heavy (non-hydrogen) atoms. The summed E-state index contributed by atoms with van der Waals surface area (Å²) in [5, 5.41) is 7.68. The molecule has 0 N–H and O–H groups in total. The van der Waals surface area contributed by atoms with Crippen LogP contribution in [-0.2, 0) is 5.41 Å². The zero-order valence-electron chi connectivity index (χ0n) is 25.1. The minimum Gasteiger partial charge on any atom is -0.308 e. The van der Waals surface area contributed by atoms with Gasteiger partial charge in [-0.05, 0) is 74.8 Å². The van der Waals surface area contributed by atoms with Gasteiger partial charge in [0.2, 0.25) is 0 Å². The summed E-state index contributed by atoms with van der Waals surface area (Å²) >= 11 is 0. The summed E-state index contributed by atoms with van der Waals surface area (Å²) in [7, 11) is 0. The highest BCUT2D eigenvalue weighted by atomic mass is 15.0. The van der Waals surface area contributed by atoms with Gasteiger partial charge in [-0.3, -0.25) is 0 Å². The Morgan fingerprint density at radius 2 is 1.29 bits per heavy atom. The molecular formula is C42H29N3. The zero-order valence-corrected chi connectivity index (χ0v) is 25.1. The van der Waals surface area contributed by atoms with Crippen molar-refractivity contribution in [2.75, 3.05) is 0 Å². The molecule has 0 fully saturated rings. The van der Waals surface area contributed by atoms with Gasteiger partial charge in [0.25, 0.3) is 0 Å². The normalized spacial score (nSPS) is 13.7. The monoisotopic (exact) mass is 575 g/mol. The SMILES string of the molecule is CC1(C)c2cc3ccccc3cc2-c2ccc3c4ccc5ccccc5c4n(-c4ccc(-c5cn6ccccc6n5)cc4)c3c21. The predicted molar refractivity (Wildman–Crippen MR) is 188 cm³/mol. The Bertz CT molecular complexity index is 2630. The van der Waals surface area contributed by atoms with Crippen LogP contribution in [0, 0.1) is 0 Å². The van der Waals surface area contributed by atoms with E-state index in [4.69, 9.17) is 4.98 Å². The van der Waals surface area contributed by atoms with E-state index < -0.39 is 0 Å². The van der Waals surface area contributed by atoms with E-state index in [1.165, 1.54) is 65.6 Å². The zero-order chi connectivity index (χ0) is 29.9. The summed E-state index contributed by atoms with van der Waals surface area (Å²) in [5.74, 6) is 0. The molecule has 9 aromatic rings.